The minimum absolute atomic E-state index is 0. The van der Waals surface area contributed by atoms with Gasteiger partial charge in [0.15, 0.2) is 5.96 Å². The molecule has 2 heterocycles. The number of hydrogen-bond acceptors (Lipinski definition) is 3. The summed E-state index contributed by atoms with van der Waals surface area (Å²) in [6.07, 6.45) is 5.78. The van der Waals surface area contributed by atoms with Crippen molar-refractivity contribution in [3.8, 4) is 0 Å². The molecular weight excluding hydrogens is 449 g/mol. The Balaban J connectivity index is 0.00000261. The van der Waals surface area contributed by atoms with Crippen molar-refractivity contribution in [2.45, 2.75) is 32.0 Å². The van der Waals surface area contributed by atoms with Gasteiger partial charge in [-0.3, -0.25) is 14.8 Å². The molecule has 0 bridgehead atoms. The van der Waals surface area contributed by atoms with E-state index in [1.54, 1.807) is 0 Å². The van der Waals surface area contributed by atoms with Crippen molar-refractivity contribution in [2.75, 3.05) is 46.8 Å². The van der Waals surface area contributed by atoms with Gasteiger partial charge in [0.2, 0.25) is 0 Å². The van der Waals surface area contributed by atoms with Crippen LogP contribution in [-0.4, -0.2) is 79.6 Å². The molecule has 1 aromatic carbocycles. The summed E-state index contributed by atoms with van der Waals surface area (Å²) >= 11 is 0. The normalized spacial score (nSPS) is 21.6. The van der Waals surface area contributed by atoms with Gasteiger partial charge in [0.05, 0.1) is 0 Å². The van der Waals surface area contributed by atoms with Crippen molar-refractivity contribution < 1.29 is 0 Å². The minimum Gasteiger partial charge on any atom is -0.355 e. The summed E-state index contributed by atoms with van der Waals surface area (Å²) in [7, 11) is 4.08. The third-order valence-corrected chi connectivity index (χ3v) is 5.62. The maximum absolute atomic E-state index is 4.53. The van der Waals surface area contributed by atoms with E-state index in [4.69, 9.17) is 0 Å². The first kappa shape index (κ1) is 22.2. The maximum Gasteiger partial charge on any atom is 0.193 e. The highest BCUT2D eigenvalue weighted by molar-refractivity contribution is 14.0. The van der Waals surface area contributed by atoms with Gasteiger partial charge < -0.3 is 10.2 Å². The molecule has 1 fully saturated rings. The van der Waals surface area contributed by atoms with Gasteiger partial charge in [-0.25, -0.2) is 0 Å². The molecule has 3 rings (SSSR count). The summed E-state index contributed by atoms with van der Waals surface area (Å²) in [6.45, 7) is 8.52. The predicted molar refractivity (Wildman–Crippen MR) is 125 cm³/mol. The Morgan fingerprint density at radius 2 is 1.96 bits per heavy atom. The molecule has 1 aromatic rings. The van der Waals surface area contributed by atoms with Crippen molar-refractivity contribution in [3.63, 3.8) is 0 Å². The molecule has 0 aromatic heterocycles. The third-order valence-electron chi connectivity index (χ3n) is 5.62. The number of nitrogens with zero attached hydrogens (tertiary/aromatic N) is 4. The lowest BCUT2D eigenvalue weighted by atomic mass is 10.2. The van der Waals surface area contributed by atoms with Gasteiger partial charge in [0, 0.05) is 58.4 Å². The van der Waals surface area contributed by atoms with E-state index in [2.05, 4.69) is 81.5 Å². The highest BCUT2D eigenvalue weighted by Crippen LogP contribution is 2.18. The Hall–Kier alpha value is -1.12. The fourth-order valence-corrected chi connectivity index (χ4v) is 3.78. The van der Waals surface area contributed by atoms with Crippen LogP contribution in [0.5, 0.6) is 0 Å². The molecule has 27 heavy (non-hydrogen) atoms. The molecule has 6 heteroatoms. The lowest BCUT2D eigenvalue weighted by molar-refractivity contribution is 0.245. The van der Waals surface area contributed by atoms with E-state index in [9.17, 15) is 0 Å². The van der Waals surface area contributed by atoms with E-state index in [0.29, 0.717) is 12.1 Å². The Bertz CT molecular complexity index is 610. The van der Waals surface area contributed by atoms with E-state index in [0.717, 1.165) is 45.2 Å². The summed E-state index contributed by atoms with van der Waals surface area (Å²) < 4.78 is 0. The minimum atomic E-state index is 0. The molecule has 0 amide bonds. The van der Waals surface area contributed by atoms with E-state index < -0.39 is 0 Å². The summed E-state index contributed by atoms with van der Waals surface area (Å²) in [5.74, 6) is 1.04. The van der Waals surface area contributed by atoms with Crippen LogP contribution in [-0.2, 0) is 6.54 Å². The first-order valence-electron chi connectivity index (χ1n) is 9.76. The van der Waals surface area contributed by atoms with Crippen molar-refractivity contribution in [1.82, 2.24) is 20.0 Å². The molecule has 1 saturated heterocycles. The molecular formula is C21H34IN5. The molecule has 2 aliphatic rings. The zero-order chi connectivity index (χ0) is 18.4. The smallest absolute Gasteiger partial charge is 0.193 e. The van der Waals surface area contributed by atoms with Crippen molar-refractivity contribution >= 4 is 29.9 Å². The summed E-state index contributed by atoms with van der Waals surface area (Å²) in [5, 5.41) is 3.59. The molecule has 5 nitrogen and oxygen atoms in total. The van der Waals surface area contributed by atoms with Gasteiger partial charge in [-0.15, -0.1) is 24.0 Å². The number of benzene rings is 1. The van der Waals surface area contributed by atoms with E-state index in [1.165, 1.54) is 12.0 Å². The second kappa shape index (κ2) is 11.0. The first-order valence-corrected chi connectivity index (χ1v) is 9.76. The molecule has 1 N–H and O–H groups in total. The number of rotatable bonds is 6. The molecule has 0 radical (unpaired) electrons. The molecule has 0 saturated carbocycles. The van der Waals surface area contributed by atoms with Gasteiger partial charge in [0.25, 0.3) is 0 Å². The second-order valence-electron chi connectivity index (χ2n) is 7.49. The van der Waals surface area contributed by atoms with Crippen LogP contribution in [0.4, 0.5) is 0 Å². The van der Waals surface area contributed by atoms with Gasteiger partial charge >= 0.3 is 0 Å². The van der Waals surface area contributed by atoms with Crippen LogP contribution in [0, 0.1) is 0 Å². The SMILES string of the molecule is CN=C(NCC(C)N(C)Cc1ccccc1)N1CCC(N2CC=CC2)C1.I. The number of halogens is 1. The average molecular weight is 483 g/mol. The predicted octanol–water partition coefficient (Wildman–Crippen LogP) is 2.65. The lowest BCUT2D eigenvalue weighted by Gasteiger charge is -2.28. The van der Waals surface area contributed by atoms with Gasteiger partial charge in [-0.2, -0.15) is 0 Å². The molecule has 2 atom stereocenters. The van der Waals surface area contributed by atoms with Crippen molar-refractivity contribution in [3.05, 3.63) is 48.0 Å². The van der Waals surface area contributed by atoms with Crippen LogP contribution in [0.3, 0.4) is 0 Å². The topological polar surface area (TPSA) is 34.1 Å². The summed E-state index contributed by atoms with van der Waals surface area (Å²) in [6, 6.07) is 11.7. The van der Waals surface area contributed by atoms with Crippen LogP contribution in [0.15, 0.2) is 47.5 Å². The van der Waals surface area contributed by atoms with E-state index in [-0.39, 0.29) is 24.0 Å². The number of aliphatic imine (C=N–C) groups is 1. The largest absolute Gasteiger partial charge is 0.355 e. The lowest BCUT2D eigenvalue weighted by Crippen LogP contribution is -2.47. The number of nitrogens with one attached hydrogen (secondary N) is 1. The van der Waals surface area contributed by atoms with Crippen LogP contribution in [0.2, 0.25) is 0 Å². The molecule has 2 unspecified atom stereocenters. The first-order chi connectivity index (χ1) is 12.7. The zero-order valence-corrected chi connectivity index (χ0v) is 19.2. The standard InChI is InChI=1S/C21H33N5.HI/c1-18(24(3)16-19-9-5-4-6-10-19)15-23-21(22-2)26-14-11-20(17-26)25-12-7-8-13-25;/h4-10,18,20H,11-17H2,1-3H3,(H,22,23);1H. The van der Waals surface area contributed by atoms with Gasteiger partial charge in [-0.1, -0.05) is 42.5 Å². The summed E-state index contributed by atoms with van der Waals surface area (Å²) in [4.78, 5) is 11.9. The van der Waals surface area contributed by atoms with Crippen LogP contribution in [0.25, 0.3) is 0 Å². The van der Waals surface area contributed by atoms with Crippen LogP contribution in [0.1, 0.15) is 18.9 Å². The van der Waals surface area contributed by atoms with Crippen molar-refractivity contribution in [2.24, 2.45) is 4.99 Å². The van der Waals surface area contributed by atoms with E-state index >= 15 is 0 Å². The number of likely N-dealkylation sites (tertiary alicyclic amines) is 1. The highest BCUT2D eigenvalue weighted by Gasteiger charge is 2.29. The maximum atomic E-state index is 4.53. The third kappa shape index (κ3) is 6.19. The molecule has 0 aliphatic carbocycles. The van der Waals surface area contributed by atoms with Gasteiger partial charge in [0.1, 0.15) is 0 Å². The molecule has 0 spiro atoms. The Kier molecular flexibility index (Phi) is 9.05. The average Bonchev–Trinajstić information content (AvgIpc) is 3.34. The fraction of sp³-hybridized carbons (Fsp3) is 0.571. The van der Waals surface area contributed by atoms with Crippen LogP contribution >= 0.6 is 24.0 Å². The zero-order valence-electron chi connectivity index (χ0n) is 16.8. The number of hydrogen-bond donors (Lipinski definition) is 1. The highest BCUT2D eigenvalue weighted by atomic mass is 127. The van der Waals surface area contributed by atoms with E-state index in [1.807, 2.05) is 7.05 Å². The summed E-state index contributed by atoms with van der Waals surface area (Å²) in [5.41, 5.74) is 1.35. The Morgan fingerprint density at radius 1 is 1.26 bits per heavy atom. The monoisotopic (exact) mass is 483 g/mol. The Labute approximate surface area is 181 Å². The Morgan fingerprint density at radius 3 is 2.63 bits per heavy atom. The van der Waals surface area contributed by atoms with Gasteiger partial charge in [-0.05, 0) is 26.0 Å². The second-order valence-corrected chi connectivity index (χ2v) is 7.49. The number of guanidine groups is 1. The number of likely N-dealkylation sites (N-methyl/N-ethyl adjacent to an activating group) is 1. The van der Waals surface area contributed by atoms with Crippen molar-refractivity contribution in [1.29, 1.82) is 0 Å². The fourth-order valence-electron chi connectivity index (χ4n) is 3.78. The molecule has 2 aliphatic heterocycles. The molecule has 150 valence electrons. The quantitative estimate of drug-likeness (QED) is 0.292. The van der Waals surface area contributed by atoms with Crippen LogP contribution < -0.4 is 5.32 Å².